The lowest BCUT2D eigenvalue weighted by Crippen LogP contribution is -2.32. The van der Waals surface area contributed by atoms with Gasteiger partial charge < -0.3 is 4.74 Å². The normalized spacial score (nSPS) is 15.9. The number of aromatic nitrogens is 5. The Morgan fingerprint density at radius 2 is 1.89 bits per heavy atom. The third-order valence-corrected chi connectivity index (χ3v) is 6.04. The number of ether oxygens (including phenoxy) is 1. The summed E-state index contributed by atoms with van der Waals surface area (Å²) in [4.78, 5) is 7.00. The van der Waals surface area contributed by atoms with E-state index in [1.807, 2.05) is 30.3 Å². The van der Waals surface area contributed by atoms with Crippen molar-refractivity contribution in [3.63, 3.8) is 0 Å². The van der Waals surface area contributed by atoms with E-state index in [4.69, 9.17) is 4.74 Å². The first-order valence-corrected chi connectivity index (χ1v) is 10.2. The first-order chi connectivity index (χ1) is 13.8. The number of benzene rings is 2. The van der Waals surface area contributed by atoms with Gasteiger partial charge in [0.2, 0.25) is 0 Å². The fraction of sp³-hybridized carbons (Fsp3) is 0.300. The number of hydrogen-bond acceptors (Lipinski definition) is 7. The molecule has 1 aliphatic heterocycles. The van der Waals surface area contributed by atoms with Crippen LogP contribution < -0.4 is 4.74 Å². The van der Waals surface area contributed by atoms with Gasteiger partial charge in [-0.15, -0.1) is 10.2 Å². The zero-order valence-electron chi connectivity index (χ0n) is 15.3. The Labute approximate surface area is 166 Å². The first-order valence-electron chi connectivity index (χ1n) is 9.41. The molecule has 0 spiro atoms. The van der Waals surface area contributed by atoms with Crippen LogP contribution in [0.1, 0.15) is 30.1 Å². The molecule has 0 bridgehead atoms. The SMILES string of the molecule is c1ccc2sc(Oc3ccc(CN4CCC(c5nn[nH]n5)CC4)cc3)nc2c1. The van der Waals surface area contributed by atoms with Gasteiger partial charge in [0.05, 0.1) is 10.2 Å². The van der Waals surface area contributed by atoms with Crippen LogP contribution in [-0.4, -0.2) is 43.6 Å². The van der Waals surface area contributed by atoms with Crippen molar-refractivity contribution in [1.29, 1.82) is 0 Å². The maximum Gasteiger partial charge on any atom is 0.279 e. The molecule has 3 heterocycles. The Morgan fingerprint density at radius 3 is 2.64 bits per heavy atom. The molecule has 142 valence electrons. The molecule has 0 unspecified atom stereocenters. The minimum Gasteiger partial charge on any atom is -0.431 e. The largest absolute Gasteiger partial charge is 0.431 e. The van der Waals surface area contributed by atoms with Gasteiger partial charge in [0.25, 0.3) is 5.19 Å². The molecule has 1 saturated heterocycles. The predicted molar refractivity (Wildman–Crippen MR) is 108 cm³/mol. The summed E-state index contributed by atoms with van der Waals surface area (Å²) in [5.41, 5.74) is 2.26. The van der Waals surface area contributed by atoms with Crippen LogP contribution >= 0.6 is 11.3 Å². The number of H-pyrrole nitrogens is 1. The molecule has 28 heavy (non-hydrogen) atoms. The van der Waals surface area contributed by atoms with Gasteiger partial charge in [-0.05, 0) is 55.8 Å². The highest BCUT2D eigenvalue weighted by atomic mass is 32.1. The lowest BCUT2D eigenvalue weighted by molar-refractivity contribution is 0.201. The summed E-state index contributed by atoms with van der Waals surface area (Å²) in [5.74, 6) is 2.08. The number of fused-ring (bicyclic) bond motifs is 1. The highest BCUT2D eigenvalue weighted by Gasteiger charge is 2.23. The van der Waals surface area contributed by atoms with Crippen molar-refractivity contribution in [3.05, 3.63) is 59.9 Å². The number of tetrazole rings is 1. The number of thiazole rings is 1. The second-order valence-corrected chi connectivity index (χ2v) is 8.01. The standard InChI is InChI=1S/C20H20N6OS/c1-2-4-18-17(3-1)21-20(28-18)27-16-7-5-14(6-8-16)13-26-11-9-15(10-12-26)19-22-24-25-23-19/h1-8,15H,9-13H2,(H,22,23,24,25). The summed E-state index contributed by atoms with van der Waals surface area (Å²) >= 11 is 1.57. The van der Waals surface area contributed by atoms with Crippen molar-refractivity contribution in [2.45, 2.75) is 25.3 Å². The van der Waals surface area contributed by atoms with E-state index < -0.39 is 0 Å². The Hall–Kier alpha value is -2.84. The quantitative estimate of drug-likeness (QED) is 0.553. The average molecular weight is 392 g/mol. The summed E-state index contributed by atoms with van der Waals surface area (Å²) in [7, 11) is 0. The van der Waals surface area contributed by atoms with E-state index >= 15 is 0 Å². The average Bonchev–Trinajstić information content (AvgIpc) is 3.39. The topological polar surface area (TPSA) is 79.8 Å². The molecule has 0 aliphatic carbocycles. The van der Waals surface area contributed by atoms with E-state index in [-0.39, 0.29) is 0 Å². The third-order valence-electron chi connectivity index (χ3n) is 5.12. The van der Waals surface area contributed by atoms with Gasteiger partial charge >= 0.3 is 0 Å². The summed E-state index contributed by atoms with van der Waals surface area (Å²) in [6.45, 7) is 3.03. The number of para-hydroxylation sites is 1. The van der Waals surface area contributed by atoms with Crippen molar-refractivity contribution in [2.75, 3.05) is 13.1 Å². The Bertz CT molecular complexity index is 1010. The third kappa shape index (κ3) is 3.74. The summed E-state index contributed by atoms with van der Waals surface area (Å²) in [6.07, 6.45) is 2.14. The van der Waals surface area contributed by atoms with Crippen molar-refractivity contribution < 1.29 is 4.74 Å². The Morgan fingerprint density at radius 1 is 1.07 bits per heavy atom. The number of likely N-dealkylation sites (tertiary alicyclic amines) is 1. The molecule has 1 aliphatic rings. The Kier molecular flexibility index (Phi) is 4.72. The van der Waals surface area contributed by atoms with Crippen LogP contribution in [0.2, 0.25) is 0 Å². The first kappa shape index (κ1) is 17.3. The Balaban J connectivity index is 1.17. The minimum atomic E-state index is 0.416. The highest BCUT2D eigenvalue weighted by Crippen LogP contribution is 2.31. The molecule has 0 atom stereocenters. The van der Waals surface area contributed by atoms with Gasteiger partial charge in [0.15, 0.2) is 5.82 Å². The molecule has 1 fully saturated rings. The predicted octanol–water partition coefficient (Wildman–Crippen LogP) is 3.98. The summed E-state index contributed by atoms with van der Waals surface area (Å²) < 4.78 is 7.07. The van der Waals surface area contributed by atoms with E-state index in [0.29, 0.717) is 11.1 Å². The highest BCUT2D eigenvalue weighted by molar-refractivity contribution is 7.20. The summed E-state index contributed by atoms with van der Waals surface area (Å²) in [5, 5.41) is 15.1. The van der Waals surface area contributed by atoms with Crippen LogP contribution in [0.15, 0.2) is 48.5 Å². The van der Waals surface area contributed by atoms with Crippen molar-refractivity contribution in [2.24, 2.45) is 0 Å². The fourth-order valence-electron chi connectivity index (χ4n) is 3.61. The molecule has 8 heteroatoms. The second kappa shape index (κ2) is 7.65. The number of nitrogens with zero attached hydrogens (tertiary/aromatic N) is 5. The van der Waals surface area contributed by atoms with Gasteiger partial charge in [-0.25, -0.2) is 4.98 Å². The number of piperidine rings is 1. The fourth-order valence-corrected chi connectivity index (χ4v) is 4.44. The van der Waals surface area contributed by atoms with E-state index in [2.05, 4.69) is 48.7 Å². The maximum absolute atomic E-state index is 5.93. The van der Waals surface area contributed by atoms with Crippen molar-refractivity contribution in [3.8, 4) is 10.9 Å². The van der Waals surface area contributed by atoms with Crippen LogP contribution in [0.3, 0.4) is 0 Å². The van der Waals surface area contributed by atoms with Crippen LogP contribution in [0.4, 0.5) is 0 Å². The van der Waals surface area contributed by atoms with Gasteiger partial charge in [-0.3, -0.25) is 4.90 Å². The number of aromatic amines is 1. The maximum atomic E-state index is 5.93. The molecule has 4 aromatic rings. The lowest BCUT2D eigenvalue weighted by Gasteiger charge is -2.30. The van der Waals surface area contributed by atoms with E-state index in [1.165, 1.54) is 5.56 Å². The molecule has 0 amide bonds. The smallest absolute Gasteiger partial charge is 0.279 e. The van der Waals surface area contributed by atoms with Crippen molar-refractivity contribution in [1.82, 2.24) is 30.5 Å². The number of nitrogens with one attached hydrogen (secondary N) is 1. The number of rotatable bonds is 5. The van der Waals surface area contributed by atoms with Crippen LogP contribution in [0.5, 0.6) is 10.9 Å². The van der Waals surface area contributed by atoms with Gasteiger partial charge in [-0.2, -0.15) is 5.21 Å². The second-order valence-electron chi connectivity index (χ2n) is 7.01. The molecule has 1 N–H and O–H groups in total. The molecular weight excluding hydrogens is 372 g/mol. The van der Waals surface area contributed by atoms with Gasteiger partial charge in [-0.1, -0.05) is 40.8 Å². The van der Waals surface area contributed by atoms with Crippen LogP contribution in [0.25, 0.3) is 10.2 Å². The van der Waals surface area contributed by atoms with Crippen LogP contribution in [0, 0.1) is 0 Å². The van der Waals surface area contributed by atoms with Gasteiger partial charge in [0, 0.05) is 12.5 Å². The molecule has 2 aromatic carbocycles. The molecular formula is C20H20N6OS. The zero-order valence-corrected chi connectivity index (χ0v) is 16.1. The molecule has 0 radical (unpaired) electrons. The molecule has 7 nitrogen and oxygen atoms in total. The molecule has 2 aromatic heterocycles. The zero-order chi connectivity index (χ0) is 18.8. The summed E-state index contributed by atoms with van der Waals surface area (Å²) in [6, 6.07) is 16.4. The van der Waals surface area contributed by atoms with Crippen LogP contribution in [-0.2, 0) is 6.54 Å². The molecule has 0 saturated carbocycles. The monoisotopic (exact) mass is 392 g/mol. The van der Waals surface area contributed by atoms with E-state index in [1.54, 1.807) is 11.3 Å². The van der Waals surface area contributed by atoms with Crippen molar-refractivity contribution >= 4 is 21.6 Å². The van der Waals surface area contributed by atoms with E-state index in [9.17, 15) is 0 Å². The molecule has 5 rings (SSSR count). The number of hydrogen-bond donors (Lipinski definition) is 1. The van der Waals surface area contributed by atoms with E-state index in [0.717, 1.165) is 54.3 Å². The minimum absolute atomic E-state index is 0.416. The van der Waals surface area contributed by atoms with Gasteiger partial charge in [0.1, 0.15) is 5.75 Å². The lowest BCUT2D eigenvalue weighted by atomic mass is 9.96.